The van der Waals surface area contributed by atoms with Gasteiger partial charge in [-0.1, -0.05) is 19.1 Å². The SMILES string of the molecule is CCN1CCC(CNC(=O)[C@@H](N)Cc2ccc(O)cc2)C1. The number of aromatic hydroxyl groups is 1. The molecule has 0 spiro atoms. The quantitative estimate of drug-likeness (QED) is 0.721. The van der Waals surface area contributed by atoms with E-state index in [1.54, 1.807) is 24.3 Å². The lowest BCUT2D eigenvalue weighted by Gasteiger charge is -2.16. The van der Waals surface area contributed by atoms with Gasteiger partial charge in [0.05, 0.1) is 6.04 Å². The number of nitrogens with zero attached hydrogens (tertiary/aromatic N) is 1. The topological polar surface area (TPSA) is 78.6 Å². The molecule has 1 unspecified atom stereocenters. The van der Waals surface area contributed by atoms with Crippen LogP contribution in [0.2, 0.25) is 0 Å². The predicted molar refractivity (Wildman–Crippen MR) is 83.0 cm³/mol. The lowest BCUT2D eigenvalue weighted by molar-refractivity contribution is -0.122. The summed E-state index contributed by atoms with van der Waals surface area (Å²) < 4.78 is 0. The average Bonchev–Trinajstić information content (AvgIpc) is 2.95. The van der Waals surface area contributed by atoms with Crippen molar-refractivity contribution in [2.45, 2.75) is 25.8 Å². The molecule has 0 saturated carbocycles. The third-order valence-electron chi connectivity index (χ3n) is 4.11. The van der Waals surface area contributed by atoms with Crippen LogP contribution in [0.4, 0.5) is 0 Å². The molecule has 2 atom stereocenters. The van der Waals surface area contributed by atoms with Gasteiger partial charge >= 0.3 is 0 Å². The zero-order valence-corrected chi connectivity index (χ0v) is 12.6. The molecule has 5 nitrogen and oxygen atoms in total. The van der Waals surface area contributed by atoms with E-state index < -0.39 is 6.04 Å². The lowest BCUT2D eigenvalue weighted by atomic mass is 10.1. The van der Waals surface area contributed by atoms with Crippen LogP contribution in [0.15, 0.2) is 24.3 Å². The molecule has 1 aliphatic heterocycles. The maximum absolute atomic E-state index is 12.0. The third-order valence-corrected chi connectivity index (χ3v) is 4.11. The number of carbonyl (C=O) groups excluding carboxylic acids is 1. The summed E-state index contributed by atoms with van der Waals surface area (Å²) in [4.78, 5) is 14.4. The van der Waals surface area contributed by atoms with Crippen molar-refractivity contribution in [1.29, 1.82) is 0 Å². The summed E-state index contributed by atoms with van der Waals surface area (Å²) >= 11 is 0. The molecule has 5 heteroatoms. The molecule has 1 aromatic rings. The fourth-order valence-corrected chi connectivity index (χ4v) is 2.72. The highest BCUT2D eigenvalue weighted by Crippen LogP contribution is 2.15. The predicted octanol–water partition coefficient (Wildman–Crippen LogP) is 0.720. The number of carbonyl (C=O) groups is 1. The van der Waals surface area contributed by atoms with Crippen LogP contribution >= 0.6 is 0 Å². The highest BCUT2D eigenvalue weighted by Gasteiger charge is 2.22. The third kappa shape index (κ3) is 4.72. The molecule has 1 saturated heterocycles. The number of rotatable bonds is 6. The van der Waals surface area contributed by atoms with Gasteiger partial charge in [-0.25, -0.2) is 0 Å². The van der Waals surface area contributed by atoms with Crippen LogP contribution in [-0.2, 0) is 11.2 Å². The minimum Gasteiger partial charge on any atom is -0.508 e. The summed E-state index contributed by atoms with van der Waals surface area (Å²) in [5, 5.41) is 12.2. The Balaban J connectivity index is 1.74. The molecule has 0 bridgehead atoms. The van der Waals surface area contributed by atoms with Crippen LogP contribution in [0.25, 0.3) is 0 Å². The number of likely N-dealkylation sites (tertiary alicyclic amines) is 1. The Morgan fingerprint density at radius 3 is 2.81 bits per heavy atom. The normalized spacial score (nSPS) is 20.4. The Hall–Kier alpha value is -1.59. The Morgan fingerprint density at radius 2 is 2.19 bits per heavy atom. The van der Waals surface area contributed by atoms with E-state index in [-0.39, 0.29) is 11.7 Å². The van der Waals surface area contributed by atoms with Crippen molar-refractivity contribution in [1.82, 2.24) is 10.2 Å². The van der Waals surface area contributed by atoms with Crippen LogP contribution in [0.3, 0.4) is 0 Å². The summed E-state index contributed by atoms with van der Waals surface area (Å²) in [5.41, 5.74) is 6.89. The van der Waals surface area contributed by atoms with Gasteiger partial charge in [-0.2, -0.15) is 0 Å². The van der Waals surface area contributed by atoms with E-state index in [0.29, 0.717) is 18.9 Å². The van der Waals surface area contributed by atoms with Crippen LogP contribution < -0.4 is 11.1 Å². The van der Waals surface area contributed by atoms with Gasteiger partial charge < -0.3 is 21.1 Å². The zero-order valence-electron chi connectivity index (χ0n) is 12.6. The van der Waals surface area contributed by atoms with Gasteiger partial charge in [0.25, 0.3) is 0 Å². The molecule has 1 amide bonds. The van der Waals surface area contributed by atoms with Crippen LogP contribution in [0.5, 0.6) is 5.75 Å². The van der Waals surface area contributed by atoms with Crippen molar-refractivity contribution in [3.05, 3.63) is 29.8 Å². The highest BCUT2D eigenvalue weighted by molar-refractivity contribution is 5.81. The van der Waals surface area contributed by atoms with Crippen molar-refractivity contribution >= 4 is 5.91 Å². The zero-order chi connectivity index (χ0) is 15.2. The first-order chi connectivity index (χ1) is 10.1. The van der Waals surface area contributed by atoms with E-state index in [1.165, 1.54) is 0 Å². The van der Waals surface area contributed by atoms with Crippen molar-refractivity contribution in [2.24, 2.45) is 11.7 Å². The molecular formula is C16H25N3O2. The lowest BCUT2D eigenvalue weighted by Crippen LogP contribution is -2.43. The van der Waals surface area contributed by atoms with Gasteiger partial charge in [0, 0.05) is 13.1 Å². The summed E-state index contributed by atoms with van der Waals surface area (Å²) in [6, 6.07) is 6.26. The number of hydrogen-bond acceptors (Lipinski definition) is 4. The Kier molecular flexibility index (Phi) is 5.59. The van der Waals surface area contributed by atoms with Crippen molar-refractivity contribution in [2.75, 3.05) is 26.2 Å². The first kappa shape index (κ1) is 15.8. The van der Waals surface area contributed by atoms with E-state index in [2.05, 4.69) is 17.1 Å². The Labute approximate surface area is 126 Å². The molecule has 1 aliphatic rings. The second kappa shape index (κ2) is 7.43. The second-order valence-electron chi connectivity index (χ2n) is 5.77. The molecular weight excluding hydrogens is 266 g/mol. The van der Waals surface area contributed by atoms with Gasteiger partial charge in [0.2, 0.25) is 5.91 Å². The average molecular weight is 291 g/mol. The van der Waals surface area contributed by atoms with E-state index in [9.17, 15) is 9.90 Å². The van der Waals surface area contributed by atoms with E-state index in [0.717, 1.165) is 31.6 Å². The second-order valence-corrected chi connectivity index (χ2v) is 5.77. The molecule has 0 aliphatic carbocycles. The number of phenolic OH excluding ortho intramolecular Hbond substituents is 1. The number of nitrogens with two attached hydrogens (primary N) is 1. The van der Waals surface area contributed by atoms with Crippen molar-refractivity contribution < 1.29 is 9.90 Å². The van der Waals surface area contributed by atoms with E-state index in [1.807, 2.05) is 0 Å². The number of hydrogen-bond donors (Lipinski definition) is 3. The molecule has 1 fully saturated rings. The molecule has 1 heterocycles. The van der Waals surface area contributed by atoms with Crippen molar-refractivity contribution in [3.8, 4) is 5.75 Å². The first-order valence-electron chi connectivity index (χ1n) is 7.62. The van der Waals surface area contributed by atoms with Gasteiger partial charge in [-0.15, -0.1) is 0 Å². The Bertz CT molecular complexity index is 461. The summed E-state index contributed by atoms with van der Waals surface area (Å²) in [6.45, 7) is 6.12. The smallest absolute Gasteiger partial charge is 0.237 e. The maximum Gasteiger partial charge on any atom is 0.237 e. The number of phenols is 1. The largest absolute Gasteiger partial charge is 0.508 e. The maximum atomic E-state index is 12.0. The summed E-state index contributed by atoms with van der Waals surface area (Å²) in [6.07, 6.45) is 1.62. The number of amides is 1. The molecule has 4 N–H and O–H groups in total. The Morgan fingerprint density at radius 1 is 1.48 bits per heavy atom. The molecule has 0 radical (unpaired) electrons. The van der Waals surface area contributed by atoms with Crippen LogP contribution in [0.1, 0.15) is 18.9 Å². The number of nitrogens with one attached hydrogen (secondary N) is 1. The van der Waals surface area contributed by atoms with Crippen LogP contribution in [-0.4, -0.2) is 48.1 Å². The molecule has 21 heavy (non-hydrogen) atoms. The van der Waals surface area contributed by atoms with Gasteiger partial charge in [-0.05, 0) is 49.5 Å². The minimum absolute atomic E-state index is 0.0991. The fourth-order valence-electron chi connectivity index (χ4n) is 2.72. The monoisotopic (exact) mass is 291 g/mol. The molecule has 0 aromatic heterocycles. The standard InChI is InChI=1S/C16H25N3O2/c1-2-19-8-7-13(11-19)10-18-16(21)15(17)9-12-3-5-14(20)6-4-12/h3-6,13,15,20H,2,7-11,17H2,1H3,(H,18,21)/t13?,15-/m0/s1. The van der Waals surface area contributed by atoms with Crippen molar-refractivity contribution in [3.63, 3.8) is 0 Å². The van der Waals surface area contributed by atoms with Gasteiger partial charge in [-0.3, -0.25) is 4.79 Å². The fraction of sp³-hybridized carbons (Fsp3) is 0.562. The summed E-state index contributed by atoms with van der Waals surface area (Å²) in [7, 11) is 0. The van der Waals surface area contributed by atoms with E-state index >= 15 is 0 Å². The number of benzene rings is 1. The first-order valence-corrected chi connectivity index (χ1v) is 7.62. The van der Waals surface area contributed by atoms with Crippen LogP contribution in [0, 0.1) is 5.92 Å². The molecule has 1 aromatic carbocycles. The summed E-state index contributed by atoms with van der Waals surface area (Å²) in [5.74, 6) is 0.659. The van der Waals surface area contributed by atoms with Gasteiger partial charge in [0.1, 0.15) is 5.75 Å². The molecule has 2 rings (SSSR count). The highest BCUT2D eigenvalue weighted by atomic mass is 16.3. The van der Waals surface area contributed by atoms with Gasteiger partial charge in [0.15, 0.2) is 0 Å². The van der Waals surface area contributed by atoms with E-state index in [4.69, 9.17) is 5.73 Å². The minimum atomic E-state index is -0.543. The molecule has 116 valence electrons.